The van der Waals surface area contributed by atoms with Gasteiger partial charge in [0.15, 0.2) is 11.0 Å². The van der Waals surface area contributed by atoms with E-state index in [1.165, 1.54) is 0 Å². The molecular weight excluding hydrogens is 295 g/mol. The van der Waals surface area contributed by atoms with Crippen molar-refractivity contribution in [2.24, 2.45) is 0 Å². The number of nitrogens with zero attached hydrogens (tertiary/aromatic N) is 4. The normalized spacial score (nSPS) is 15.5. The summed E-state index contributed by atoms with van der Waals surface area (Å²) in [5, 5.41) is 1.25. The first-order valence-corrected chi connectivity index (χ1v) is 7.22. The van der Waals surface area contributed by atoms with Gasteiger partial charge in [-0.25, -0.2) is 9.97 Å². The lowest BCUT2D eigenvalue weighted by Crippen LogP contribution is -2.47. The van der Waals surface area contributed by atoms with Crippen LogP contribution in [-0.2, 0) is 0 Å². The Morgan fingerprint density at radius 2 is 1.50 bits per heavy atom. The fourth-order valence-corrected chi connectivity index (χ4v) is 2.87. The monoisotopic (exact) mass is 308 g/mol. The Morgan fingerprint density at radius 3 is 2.20 bits per heavy atom. The zero-order valence-electron chi connectivity index (χ0n) is 10.8. The highest BCUT2D eigenvalue weighted by Gasteiger charge is 2.21. The molecule has 1 aliphatic rings. The maximum atomic E-state index is 6.24. The lowest BCUT2D eigenvalue weighted by molar-refractivity contribution is 0.646. The third kappa shape index (κ3) is 2.67. The molecule has 6 heteroatoms. The van der Waals surface area contributed by atoms with Crippen molar-refractivity contribution in [3.05, 3.63) is 46.8 Å². The fourth-order valence-electron chi connectivity index (χ4n) is 2.39. The summed E-state index contributed by atoms with van der Waals surface area (Å²) < 4.78 is 0. The van der Waals surface area contributed by atoms with Crippen LogP contribution in [-0.4, -0.2) is 36.1 Å². The van der Waals surface area contributed by atoms with Crippen LogP contribution in [0.1, 0.15) is 0 Å². The van der Waals surface area contributed by atoms with E-state index >= 15 is 0 Å². The van der Waals surface area contributed by atoms with Gasteiger partial charge in [0, 0.05) is 38.6 Å². The molecule has 20 heavy (non-hydrogen) atoms. The standard InChI is InChI=1S/C14H14Cl2N4/c15-11-3-1-2-4-12(11)19-7-9-20(10-8-19)14-13(16)17-5-6-18-14/h1-6H,7-10H2. The van der Waals surface area contributed by atoms with Crippen LogP contribution in [0.15, 0.2) is 36.7 Å². The number of benzene rings is 1. The average Bonchev–Trinajstić information content (AvgIpc) is 2.49. The molecule has 0 saturated carbocycles. The minimum atomic E-state index is 0.457. The third-order valence-electron chi connectivity index (χ3n) is 3.41. The summed E-state index contributed by atoms with van der Waals surface area (Å²) >= 11 is 12.3. The molecule has 0 bridgehead atoms. The zero-order valence-corrected chi connectivity index (χ0v) is 12.3. The summed E-state index contributed by atoms with van der Waals surface area (Å²) in [6.45, 7) is 3.47. The second-order valence-corrected chi connectivity index (χ2v) is 5.36. The summed E-state index contributed by atoms with van der Waals surface area (Å²) in [7, 11) is 0. The summed E-state index contributed by atoms with van der Waals surface area (Å²) in [5.74, 6) is 0.757. The van der Waals surface area contributed by atoms with E-state index in [4.69, 9.17) is 23.2 Å². The van der Waals surface area contributed by atoms with E-state index in [0.717, 1.165) is 42.7 Å². The second kappa shape index (κ2) is 5.85. The largest absolute Gasteiger partial charge is 0.367 e. The Kier molecular flexibility index (Phi) is 3.94. The molecule has 1 aromatic heterocycles. The molecule has 3 rings (SSSR count). The van der Waals surface area contributed by atoms with Crippen molar-refractivity contribution in [3.63, 3.8) is 0 Å². The fraction of sp³-hybridized carbons (Fsp3) is 0.286. The van der Waals surface area contributed by atoms with Crippen LogP contribution in [0.4, 0.5) is 11.5 Å². The quantitative estimate of drug-likeness (QED) is 0.853. The molecule has 1 fully saturated rings. The highest BCUT2D eigenvalue weighted by Crippen LogP contribution is 2.27. The minimum Gasteiger partial charge on any atom is -0.367 e. The van der Waals surface area contributed by atoms with E-state index in [2.05, 4.69) is 19.8 Å². The van der Waals surface area contributed by atoms with Gasteiger partial charge in [0.2, 0.25) is 0 Å². The lowest BCUT2D eigenvalue weighted by Gasteiger charge is -2.37. The maximum absolute atomic E-state index is 6.24. The summed E-state index contributed by atoms with van der Waals surface area (Å²) in [6, 6.07) is 7.92. The molecule has 0 unspecified atom stereocenters. The van der Waals surface area contributed by atoms with Crippen LogP contribution in [0, 0.1) is 0 Å². The van der Waals surface area contributed by atoms with Gasteiger partial charge >= 0.3 is 0 Å². The van der Waals surface area contributed by atoms with Crippen LogP contribution in [0.5, 0.6) is 0 Å². The summed E-state index contributed by atoms with van der Waals surface area (Å²) in [5.41, 5.74) is 1.08. The van der Waals surface area contributed by atoms with Crippen LogP contribution >= 0.6 is 23.2 Å². The number of rotatable bonds is 2. The zero-order chi connectivity index (χ0) is 13.9. The molecule has 0 N–H and O–H groups in total. The van der Waals surface area contributed by atoms with Gasteiger partial charge < -0.3 is 9.80 Å². The molecule has 0 radical (unpaired) electrons. The number of aromatic nitrogens is 2. The minimum absolute atomic E-state index is 0.457. The van der Waals surface area contributed by atoms with Crippen molar-refractivity contribution in [1.82, 2.24) is 9.97 Å². The molecule has 2 aromatic rings. The molecule has 0 aliphatic carbocycles. The van der Waals surface area contributed by atoms with E-state index in [-0.39, 0.29) is 0 Å². The van der Waals surface area contributed by atoms with Crippen LogP contribution in [0.2, 0.25) is 10.2 Å². The highest BCUT2D eigenvalue weighted by atomic mass is 35.5. The van der Waals surface area contributed by atoms with Gasteiger partial charge in [-0.3, -0.25) is 0 Å². The molecule has 0 amide bonds. The molecule has 1 saturated heterocycles. The Morgan fingerprint density at radius 1 is 0.850 bits per heavy atom. The van der Waals surface area contributed by atoms with Crippen LogP contribution in [0.25, 0.3) is 0 Å². The van der Waals surface area contributed by atoms with E-state index in [1.54, 1.807) is 12.4 Å². The van der Waals surface area contributed by atoms with Gasteiger partial charge in [-0.05, 0) is 12.1 Å². The highest BCUT2D eigenvalue weighted by molar-refractivity contribution is 6.33. The first-order valence-electron chi connectivity index (χ1n) is 6.46. The maximum Gasteiger partial charge on any atom is 0.171 e. The number of anilines is 2. The molecule has 0 spiro atoms. The first-order chi connectivity index (χ1) is 9.75. The molecule has 1 aliphatic heterocycles. The van der Waals surface area contributed by atoms with Gasteiger partial charge in [0.25, 0.3) is 0 Å². The average molecular weight is 309 g/mol. The van der Waals surface area contributed by atoms with Crippen molar-refractivity contribution in [2.45, 2.75) is 0 Å². The third-order valence-corrected chi connectivity index (χ3v) is 3.99. The van der Waals surface area contributed by atoms with Crippen LogP contribution in [0.3, 0.4) is 0 Å². The van der Waals surface area contributed by atoms with Gasteiger partial charge in [0.05, 0.1) is 10.7 Å². The number of halogens is 2. The molecule has 2 heterocycles. The van der Waals surface area contributed by atoms with E-state index < -0.39 is 0 Å². The SMILES string of the molecule is Clc1ccccc1N1CCN(c2nccnc2Cl)CC1. The van der Waals surface area contributed by atoms with Crippen molar-refractivity contribution in [3.8, 4) is 0 Å². The Hall–Kier alpha value is -1.52. The molecule has 0 atom stereocenters. The number of piperazine rings is 1. The number of para-hydroxylation sites is 1. The first kappa shape index (κ1) is 13.5. The molecule has 4 nitrogen and oxygen atoms in total. The van der Waals surface area contributed by atoms with E-state index in [9.17, 15) is 0 Å². The van der Waals surface area contributed by atoms with Gasteiger partial charge in [-0.2, -0.15) is 0 Å². The predicted octanol–water partition coefficient (Wildman–Crippen LogP) is 3.11. The smallest absolute Gasteiger partial charge is 0.171 e. The van der Waals surface area contributed by atoms with E-state index in [0.29, 0.717) is 5.15 Å². The second-order valence-electron chi connectivity index (χ2n) is 4.60. The van der Waals surface area contributed by atoms with Gasteiger partial charge in [-0.15, -0.1) is 0 Å². The summed E-state index contributed by atoms with van der Waals surface area (Å²) in [4.78, 5) is 12.8. The van der Waals surface area contributed by atoms with E-state index in [1.807, 2.05) is 24.3 Å². The Bertz CT molecular complexity index is 544. The van der Waals surface area contributed by atoms with Crippen molar-refractivity contribution in [2.75, 3.05) is 36.0 Å². The van der Waals surface area contributed by atoms with Crippen LogP contribution < -0.4 is 9.80 Å². The molecule has 104 valence electrons. The Balaban J connectivity index is 1.72. The van der Waals surface area contributed by atoms with Crippen molar-refractivity contribution >= 4 is 34.7 Å². The number of hydrogen-bond donors (Lipinski definition) is 0. The van der Waals surface area contributed by atoms with Crippen molar-refractivity contribution in [1.29, 1.82) is 0 Å². The molecular formula is C14H14Cl2N4. The lowest BCUT2D eigenvalue weighted by atomic mass is 10.2. The summed E-state index contributed by atoms with van der Waals surface area (Å²) in [6.07, 6.45) is 3.27. The predicted molar refractivity (Wildman–Crippen MR) is 82.9 cm³/mol. The topological polar surface area (TPSA) is 32.3 Å². The molecule has 1 aromatic carbocycles. The number of hydrogen-bond acceptors (Lipinski definition) is 4. The van der Waals surface area contributed by atoms with Gasteiger partial charge in [-0.1, -0.05) is 35.3 Å². The Labute approximate surface area is 128 Å². The van der Waals surface area contributed by atoms with Gasteiger partial charge in [0.1, 0.15) is 0 Å². The van der Waals surface area contributed by atoms with Crippen molar-refractivity contribution < 1.29 is 0 Å².